The van der Waals surface area contributed by atoms with Crippen LogP contribution in [0.3, 0.4) is 0 Å². The Labute approximate surface area is 117 Å². The van der Waals surface area contributed by atoms with Crippen molar-refractivity contribution in [3.63, 3.8) is 0 Å². The number of ether oxygens (including phenoxy) is 1. The quantitative estimate of drug-likeness (QED) is 0.906. The molecule has 3 atom stereocenters. The van der Waals surface area contributed by atoms with Crippen molar-refractivity contribution in [1.82, 2.24) is 15.5 Å². The average Bonchev–Trinajstić information content (AvgIpc) is 3.15. The first-order chi connectivity index (χ1) is 9.81. The molecule has 1 aromatic carbocycles. The zero-order chi connectivity index (χ0) is 13.5. The van der Waals surface area contributed by atoms with Crippen LogP contribution in [0.4, 0.5) is 0 Å². The third-order valence-corrected chi connectivity index (χ3v) is 4.23. The maximum absolute atomic E-state index is 5.90. The number of nitrogens with one attached hydrogen (secondary N) is 1. The standard InChI is InChI=1S/C15H17N3O2/c1-9-7-16-8-11(9)15-17-14(18-20-15)13-6-10-4-2-3-5-12(10)19-13/h2-5,9,11,13,16H,6-8H2,1H3. The molecule has 0 bridgehead atoms. The molecule has 5 nitrogen and oxygen atoms in total. The summed E-state index contributed by atoms with van der Waals surface area (Å²) in [7, 11) is 0. The lowest BCUT2D eigenvalue weighted by atomic mass is 9.98. The van der Waals surface area contributed by atoms with Crippen molar-refractivity contribution >= 4 is 0 Å². The van der Waals surface area contributed by atoms with Crippen molar-refractivity contribution in [2.45, 2.75) is 25.4 Å². The third-order valence-electron chi connectivity index (χ3n) is 4.23. The Morgan fingerprint density at radius 3 is 2.95 bits per heavy atom. The summed E-state index contributed by atoms with van der Waals surface area (Å²) in [5.41, 5.74) is 1.21. The molecule has 4 rings (SSSR count). The molecule has 2 aromatic rings. The van der Waals surface area contributed by atoms with Gasteiger partial charge >= 0.3 is 0 Å². The molecular weight excluding hydrogens is 254 g/mol. The van der Waals surface area contributed by atoms with Crippen LogP contribution in [0.1, 0.15) is 36.2 Å². The number of fused-ring (bicyclic) bond motifs is 1. The van der Waals surface area contributed by atoms with Crippen molar-refractivity contribution in [2.75, 3.05) is 13.1 Å². The largest absolute Gasteiger partial charge is 0.482 e. The normalized spacial score (nSPS) is 28.4. The molecule has 1 N–H and O–H groups in total. The fourth-order valence-corrected chi connectivity index (χ4v) is 3.00. The molecule has 1 saturated heterocycles. The van der Waals surface area contributed by atoms with Crippen molar-refractivity contribution < 1.29 is 9.26 Å². The number of rotatable bonds is 2. The van der Waals surface area contributed by atoms with Gasteiger partial charge in [-0.05, 0) is 24.1 Å². The Kier molecular flexibility index (Phi) is 2.73. The maximum Gasteiger partial charge on any atom is 0.231 e. The van der Waals surface area contributed by atoms with E-state index in [0.717, 1.165) is 31.2 Å². The Hall–Kier alpha value is -1.88. The van der Waals surface area contributed by atoms with Gasteiger partial charge < -0.3 is 14.6 Å². The zero-order valence-corrected chi connectivity index (χ0v) is 11.4. The van der Waals surface area contributed by atoms with Gasteiger partial charge in [0.1, 0.15) is 5.75 Å². The molecule has 20 heavy (non-hydrogen) atoms. The number of nitrogens with zero attached hydrogens (tertiary/aromatic N) is 2. The first kappa shape index (κ1) is 11.9. The summed E-state index contributed by atoms with van der Waals surface area (Å²) in [4.78, 5) is 4.56. The van der Waals surface area contributed by atoms with Gasteiger partial charge in [-0.2, -0.15) is 4.98 Å². The molecule has 0 amide bonds. The lowest BCUT2D eigenvalue weighted by Crippen LogP contribution is -2.09. The van der Waals surface area contributed by atoms with Gasteiger partial charge in [-0.25, -0.2) is 0 Å². The predicted octanol–water partition coefficient (Wildman–Crippen LogP) is 2.07. The SMILES string of the molecule is CC1CNCC1c1nc(C2Cc3ccccc3O2)no1. The summed E-state index contributed by atoms with van der Waals surface area (Å²) in [5, 5.41) is 7.48. The van der Waals surface area contributed by atoms with Crippen molar-refractivity contribution in [3.8, 4) is 5.75 Å². The first-order valence-electron chi connectivity index (χ1n) is 7.10. The van der Waals surface area contributed by atoms with Crippen molar-refractivity contribution in [2.24, 2.45) is 5.92 Å². The van der Waals surface area contributed by atoms with E-state index in [1.54, 1.807) is 0 Å². The molecule has 2 aliphatic heterocycles. The van der Waals surface area contributed by atoms with E-state index in [9.17, 15) is 0 Å². The molecule has 0 radical (unpaired) electrons. The number of para-hydroxylation sites is 1. The van der Waals surface area contributed by atoms with Gasteiger partial charge in [0.2, 0.25) is 11.7 Å². The molecule has 3 unspecified atom stereocenters. The number of hydrogen-bond acceptors (Lipinski definition) is 5. The molecule has 2 aliphatic rings. The van der Waals surface area contributed by atoms with E-state index in [0.29, 0.717) is 17.7 Å². The van der Waals surface area contributed by atoms with E-state index in [1.165, 1.54) is 5.56 Å². The summed E-state index contributed by atoms with van der Waals surface area (Å²) in [5.74, 6) is 3.18. The first-order valence-corrected chi connectivity index (χ1v) is 7.10. The van der Waals surface area contributed by atoms with Crippen molar-refractivity contribution in [1.29, 1.82) is 0 Å². The Morgan fingerprint density at radius 2 is 2.15 bits per heavy atom. The Morgan fingerprint density at radius 1 is 1.25 bits per heavy atom. The van der Waals surface area contributed by atoms with Crippen LogP contribution in [0, 0.1) is 5.92 Å². The summed E-state index contributed by atoms with van der Waals surface area (Å²) in [6.07, 6.45) is 0.697. The maximum atomic E-state index is 5.90. The topological polar surface area (TPSA) is 60.2 Å². The highest BCUT2D eigenvalue weighted by Crippen LogP contribution is 2.36. The van der Waals surface area contributed by atoms with Gasteiger partial charge in [0.15, 0.2) is 6.10 Å². The van der Waals surface area contributed by atoms with Gasteiger partial charge in [-0.3, -0.25) is 0 Å². The molecule has 104 valence electrons. The minimum atomic E-state index is -0.116. The molecular formula is C15H17N3O2. The predicted molar refractivity (Wildman–Crippen MR) is 72.6 cm³/mol. The minimum Gasteiger partial charge on any atom is -0.482 e. The number of aromatic nitrogens is 2. The molecule has 0 spiro atoms. The van der Waals surface area contributed by atoms with E-state index in [4.69, 9.17) is 9.26 Å². The highest BCUT2D eigenvalue weighted by Gasteiger charge is 2.33. The van der Waals surface area contributed by atoms with Crippen LogP contribution in [0.25, 0.3) is 0 Å². The van der Waals surface area contributed by atoms with Crippen LogP contribution in [0.15, 0.2) is 28.8 Å². The summed E-state index contributed by atoms with van der Waals surface area (Å²) < 4.78 is 11.3. The van der Waals surface area contributed by atoms with E-state index < -0.39 is 0 Å². The third kappa shape index (κ3) is 1.89. The molecule has 0 aliphatic carbocycles. The van der Waals surface area contributed by atoms with Crippen LogP contribution >= 0.6 is 0 Å². The van der Waals surface area contributed by atoms with Crippen LogP contribution in [0.2, 0.25) is 0 Å². The Balaban J connectivity index is 1.55. The molecule has 3 heterocycles. The zero-order valence-electron chi connectivity index (χ0n) is 11.4. The molecule has 0 saturated carbocycles. The summed E-state index contributed by atoms with van der Waals surface area (Å²) >= 11 is 0. The number of benzene rings is 1. The van der Waals surface area contributed by atoms with Gasteiger partial charge in [-0.1, -0.05) is 30.3 Å². The van der Waals surface area contributed by atoms with Gasteiger partial charge in [-0.15, -0.1) is 0 Å². The highest BCUT2D eigenvalue weighted by atomic mass is 16.5. The summed E-state index contributed by atoms with van der Waals surface area (Å²) in [6, 6.07) is 8.07. The van der Waals surface area contributed by atoms with E-state index in [-0.39, 0.29) is 6.10 Å². The summed E-state index contributed by atoms with van der Waals surface area (Å²) in [6.45, 7) is 4.12. The lowest BCUT2D eigenvalue weighted by Gasteiger charge is -2.07. The van der Waals surface area contributed by atoms with E-state index in [1.807, 2.05) is 18.2 Å². The van der Waals surface area contributed by atoms with Gasteiger partial charge in [0.25, 0.3) is 0 Å². The average molecular weight is 271 g/mol. The minimum absolute atomic E-state index is 0.116. The lowest BCUT2D eigenvalue weighted by molar-refractivity contribution is 0.220. The second-order valence-corrected chi connectivity index (χ2v) is 5.65. The second kappa shape index (κ2) is 4.59. The van der Waals surface area contributed by atoms with Crippen LogP contribution in [-0.4, -0.2) is 23.2 Å². The monoisotopic (exact) mass is 271 g/mol. The molecule has 5 heteroatoms. The Bertz CT molecular complexity index is 600. The van der Waals surface area contributed by atoms with Crippen LogP contribution in [0.5, 0.6) is 5.75 Å². The van der Waals surface area contributed by atoms with E-state index in [2.05, 4.69) is 28.4 Å². The fraction of sp³-hybridized carbons (Fsp3) is 0.467. The van der Waals surface area contributed by atoms with Gasteiger partial charge in [0, 0.05) is 13.0 Å². The number of hydrogen-bond donors (Lipinski definition) is 1. The van der Waals surface area contributed by atoms with Crippen molar-refractivity contribution in [3.05, 3.63) is 41.5 Å². The van der Waals surface area contributed by atoms with Crippen LogP contribution < -0.4 is 10.1 Å². The van der Waals surface area contributed by atoms with Crippen LogP contribution in [-0.2, 0) is 6.42 Å². The smallest absolute Gasteiger partial charge is 0.231 e. The fourth-order valence-electron chi connectivity index (χ4n) is 3.00. The highest BCUT2D eigenvalue weighted by molar-refractivity contribution is 5.37. The van der Waals surface area contributed by atoms with Gasteiger partial charge in [0.05, 0.1) is 5.92 Å². The molecule has 1 fully saturated rings. The van der Waals surface area contributed by atoms with E-state index >= 15 is 0 Å². The second-order valence-electron chi connectivity index (χ2n) is 5.65. The molecule has 1 aromatic heterocycles.